The van der Waals surface area contributed by atoms with Gasteiger partial charge in [0.2, 0.25) is 0 Å². The summed E-state index contributed by atoms with van der Waals surface area (Å²) in [4.78, 5) is 0. The Hall–Kier alpha value is -0.0400. The Morgan fingerprint density at radius 2 is 1.58 bits per heavy atom. The molecule has 1 fully saturated rings. The van der Waals surface area contributed by atoms with E-state index in [2.05, 4.69) is 6.92 Å². The molecule has 0 aromatic heterocycles. The van der Waals surface area contributed by atoms with E-state index in [4.69, 9.17) is 5.11 Å². The van der Waals surface area contributed by atoms with Gasteiger partial charge in [-0.2, -0.15) is 0 Å². The monoisotopic (exact) mass is 172 g/mol. The lowest BCUT2D eigenvalue weighted by Gasteiger charge is -2.25. The van der Waals surface area contributed by atoms with E-state index < -0.39 is 0 Å². The molecule has 0 atom stereocenters. The normalized spacial score (nSPS) is 29.0. The maximum atomic E-state index is 8.68. The first-order chi connectivity index (χ1) is 5.83. The summed E-state index contributed by atoms with van der Waals surface area (Å²) in [6, 6.07) is 0. The van der Waals surface area contributed by atoms with Gasteiger partial charge in [0, 0.05) is 6.61 Å². The molecule has 0 amide bonds. The molecule has 0 heterocycles. The van der Waals surface area contributed by atoms with E-state index in [0.29, 0.717) is 6.61 Å². The Morgan fingerprint density at radius 1 is 1.08 bits per heavy atom. The number of aliphatic hydroxyl groups excluding tert-OH is 1. The predicted molar refractivity (Wildman–Crippen MR) is 54.2 cm³/mol. The van der Waals surface area contributed by atoms with Crippen LogP contribution in [0.25, 0.3) is 0 Å². The molecule has 0 aliphatic heterocycles. The largest absolute Gasteiger partial charge is 0.396 e. The van der Waals surface area contributed by atoms with Crippen molar-refractivity contribution in [2.75, 3.05) is 6.61 Å². The van der Waals surface area contributed by atoms with Crippen molar-refractivity contribution in [2.24, 2.45) is 11.8 Å². The van der Waals surface area contributed by atoms with Gasteiger partial charge < -0.3 is 5.11 Å². The lowest BCUT2D eigenvalue weighted by molar-refractivity contribution is 0.211. The van der Waals surface area contributed by atoms with Crippen molar-refractivity contribution in [3.8, 4) is 0 Å². The summed E-state index contributed by atoms with van der Waals surface area (Å²) in [5.41, 5.74) is 0. The fourth-order valence-electron chi connectivity index (χ4n) is 1.80. The Bertz CT molecular complexity index is 83.0. The molecular formula is C11H24O. The van der Waals surface area contributed by atoms with E-state index in [-0.39, 0.29) is 0 Å². The summed E-state index contributed by atoms with van der Waals surface area (Å²) in [6.07, 6.45) is 6.49. The van der Waals surface area contributed by atoms with Crippen LogP contribution >= 0.6 is 0 Å². The lowest BCUT2D eigenvalue weighted by Crippen LogP contribution is -2.13. The SMILES string of the molecule is CC.CC1CCC(CCO)CC1. The smallest absolute Gasteiger partial charge is 0.0433 e. The standard InChI is InChI=1S/C9H18O.C2H6/c1-8-2-4-9(5-3-8)6-7-10;1-2/h8-10H,2-7H2,1H3;1-2H3. The molecular weight excluding hydrogens is 148 g/mol. The summed E-state index contributed by atoms with van der Waals surface area (Å²) < 4.78 is 0. The minimum Gasteiger partial charge on any atom is -0.396 e. The van der Waals surface area contributed by atoms with Crippen molar-refractivity contribution in [2.45, 2.75) is 52.9 Å². The molecule has 12 heavy (non-hydrogen) atoms. The van der Waals surface area contributed by atoms with E-state index in [1.54, 1.807) is 0 Å². The van der Waals surface area contributed by atoms with Gasteiger partial charge in [-0.15, -0.1) is 0 Å². The molecule has 0 saturated heterocycles. The van der Waals surface area contributed by atoms with Crippen LogP contribution in [0.5, 0.6) is 0 Å². The zero-order valence-electron chi connectivity index (χ0n) is 8.84. The molecule has 0 unspecified atom stereocenters. The van der Waals surface area contributed by atoms with Gasteiger partial charge in [-0.1, -0.05) is 46.5 Å². The number of aliphatic hydroxyl groups is 1. The van der Waals surface area contributed by atoms with Crippen molar-refractivity contribution in [3.05, 3.63) is 0 Å². The van der Waals surface area contributed by atoms with Gasteiger partial charge in [-0.25, -0.2) is 0 Å². The van der Waals surface area contributed by atoms with Crippen molar-refractivity contribution < 1.29 is 5.11 Å². The second-order valence-electron chi connectivity index (χ2n) is 3.64. The minimum absolute atomic E-state index is 0.388. The van der Waals surface area contributed by atoms with Crippen molar-refractivity contribution >= 4 is 0 Å². The van der Waals surface area contributed by atoms with Crippen LogP contribution in [0, 0.1) is 11.8 Å². The fraction of sp³-hybridized carbons (Fsp3) is 1.00. The third kappa shape index (κ3) is 4.76. The van der Waals surface area contributed by atoms with Crippen molar-refractivity contribution in [1.82, 2.24) is 0 Å². The molecule has 1 N–H and O–H groups in total. The van der Waals surface area contributed by atoms with Crippen LogP contribution in [-0.4, -0.2) is 11.7 Å². The van der Waals surface area contributed by atoms with Gasteiger partial charge in [0.25, 0.3) is 0 Å². The molecule has 1 heteroatoms. The second kappa shape index (κ2) is 7.60. The molecule has 1 aliphatic rings. The average molecular weight is 172 g/mol. The van der Waals surface area contributed by atoms with Crippen LogP contribution in [-0.2, 0) is 0 Å². The zero-order valence-corrected chi connectivity index (χ0v) is 8.84. The highest BCUT2D eigenvalue weighted by atomic mass is 16.3. The Kier molecular flexibility index (Phi) is 7.58. The van der Waals surface area contributed by atoms with Crippen LogP contribution in [0.4, 0.5) is 0 Å². The quantitative estimate of drug-likeness (QED) is 0.678. The van der Waals surface area contributed by atoms with Crippen LogP contribution in [0.3, 0.4) is 0 Å². The van der Waals surface area contributed by atoms with E-state index in [0.717, 1.165) is 18.3 Å². The summed E-state index contributed by atoms with van der Waals surface area (Å²) >= 11 is 0. The maximum absolute atomic E-state index is 8.68. The van der Waals surface area contributed by atoms with Crippen molar-refractivity contribution in [1.29, 1.82) is 0 Å². The number of rotatable bonds is 2. The first-order valence-electron chi connectivity index (χ1n) is 5.43. The molecule has 0 spiro atoms. The Labute approximate surface area is 77.2 Å². The summed E-state index contributed by atoms with van der Waals surface area (Å²) in [6.45, 7) is 6.72. The Morgan fingerprint density at radius 3 is 2.00 bits per heavy atom. The Balaban J connectivity index is 0.000000561. The summed E-state index contributed by atoms with van der Waals surface area (Å²) in [7, 11) is 0. The zero-order chi connectivity index (χ0) is 9.40. The molecule has 1 saturated carbocycles. The summed E-state index contributed by atoms with van der Waals surface area (Å²) in [5.74, 6) is 1.77. The molecule has 0 aromatic carbocycles. The third-order valence-corrected chi connectivity index (χ3v) is 2.67. The highest BCUT2D eigenvalue weighted by Gasteiger charge is 2.16. The van der Waals surface area contributed by atoms with E-state index in [1.807, 2.05) is 13.8 Å². The molecule has 1 aliphatic carbocycles. The van der Waals surface area contributed by atoms with Crippen LogP contribution < -0.4 is 0 Å². The van der Waals surface area contributed by atoms with Gasteiger partial charge in [0.1, 0.15) is 0 Å². The topological polar surface area (TPSA) is 20.2 Å². The van der Waals surface area contributed by atoms with E-state index in [1.165, 1.54) is 25.7 Å². The maximum Gasteiger partial charge on any atom is 0.0433 e. The molecule has 0 radical (unpaired) electrons. The molecule has 74 valence electrons. The third-order valence-electron chi connectivity index (χ3n) is 2.67. The van der Waals surface area contributed by atoms with Crippen LogP contribution in [0.15, 0.2) is 0 Å². The highest BCUT2D eigenvalue weighted by Crippen LogP contribution is 2.29. The minimum atomic E-state index is 0.388. The number of hydrogen-bond acceptors (Lipinski definition) is 1. The average Bonchev–Trinajstić information content (AvgIpc) is 2.13. The van der Waals surface area contributed by atoms with Gasteiger partial charge in [-0.05, 0) is 18.3 Å². The molecule has 0 aromatic rings. The lowest BCUT2D eigenvalue weighted by atomic mass is 9.82. The first-order valence-corrected chi connectivity index (χ1v) is 5.43. The van der Waals surface area contributed by atoms with Crippen LogP contribution in [0.1, 0.15) is 52.9 Å². The predicted octanol–water partition coefficient (Wildman–Crippen LogP) is 3.22. The molecule has 1 nitrogen and oxygen atoms in total. The molecule has 1 rings (SSSR count). The number of hydrogen-bond donors (Lipinski definition) is 1. The van der Waals surface area contributed by atoms with Crippen LogP contribution in [0.2, 0.25) is 0 Å². The first kappa shape index (κ1) is 12.0. The van der Waals surface area contributed by atoms with E-state index >= 15 is 0 Å². The summed E-state index contributed by atoms with van der Waals surface area (Å²) in [5, 5.41) is 8.68. The highest BCUT2D eigenvalue weighted by molar-refractivity contribution is 4.69. The second-order valence-corrected chi connectivity index (χ2v) is 3.64. The van der Waals surface area contributed by atoms with Gasteiger partial charge in [0.05, 0.1) is 0 Å². The van der Waals surface area contributed by atoms with Crippen molar-refractivity contribution in [3.63, 3.8) is 0 Å². The van der Waals surface area contributed by atoms with Gasteiger partial charge in [-0.3, -0.25) is 0 Å². The van der Waals surface area contributed by atoms with Gasteiger partial charge >= 0.3 is 0 Å². The van der Waals surface area contributed by atoms with Gasteiger partial charge in [0.15, 0.2) is 0 Å². The molecule has 0 bridgehead atoms. The fourth-order valence-corrected chi connectivity index (χ4v) is 1.80. The van der Waals surface area contributed by atoms with E-state index in [9.17, 15) is 0 Å².